The Bertz CT molecular complexity index is 1190. The van der Waals surface area contributed by atoms with E-state index in [1.807, 2.05) is 54.6 Å². The molecule has 0 spiro atoms. The number of nitrogens with zero attached hydrogens (tertiary/aromatic N) is 1. The molecule has 32 heavy (non-hydrogen) atoms. The number of carbonyl (C=O) groups excluding carboxylic acids is 2. The van der Waals surface area contributed by atoms with Crippen molar-refractivity contribution in [3.8, 4) is 0 Å². The minimum absolute atomic E-state index is 0.145. The fourth-order valence-corrected chi connectivity index (χ4v) is 4.21. The standard InChI is InChI=1S/C24H20ClN3O3S/c25-19-10-5-4-9-17(19)14-18-15-26-24(32-18)28-22(29)20(13-16-7-2-1-3-8-16)27-23(30)21-11-6-12-31-21/h1-12,15,20H,13-14H2,(H,27,30)(H,26,28,29)/t20-/m0/s1. The number of carbonyl (C=O) groups is 2. The molecule has 2 N–H and O–H groups in total. The molecule has 0 bridgehead atoms. The molecule has 0 unspecified atom stereocenters. The summed E-state index contributed by atoms with van der Waals surface area (Å²) >= 11 is 7.61. The van der Waals surface area contributed by atoms with E-state index in [0.717, 1.165) is 16.0 Å². The number of hydrogen-bond donors (Lipinski definition) is 2. The molecule has 2 aromatic carbocycles. The Balaban J connectivity index is 1.46. The van der Waals surface area contributed by atoms with Crippen LogP contribution in [0.1, 0.15) is 26.6 Å². The van der Waals surface area contributed by atoms with E-state index in [1.165, 1.54) is 17.6 Å². The molecule has 2 amide bonds. The van der Waals surface area contributed by atoms with Gasteiger partial charge in [0.2, 0.25) is 5.91 Å². The molecule has 4 rings (SSSR count). The highest BCUT2D eigenvalue weighted by Crippen LogP contribution is 2.25. The monoisotopic (exact) mass is 465 g/mol. The molecule has 6 nitrogen and oxygen atoms in total. The summed E-state index contributed by atoms with van der Waals surface area (Å²) in [5.41, 5.74) is 1.91. The lowest BCUT2D eigenvalue weighted by molar-refractivity contribution is -0.118. The van der Waals surface area contributed by atoms with Crippen molar-refractivity contribution in [1.82, 2.24) is 10.3 Å². The zero-order valence-electron chi connectivity index (χ0n) is 17.0. The van der Waals surface area contributed by atoms with Gasteiger partial charge in [0.05, 0.1) is 6.26 Å². The van der Waals surface area contributed by atoms with Gasteiger partial charge in [-0.25, -0.2) is 4.98 Å². The zero-order chi connectivity index (χ0) is 22.3. The van der Waals surface area contributed by atoms with Gasteiger partial charge in [0.1, 0.15) is 6.04 Å². The molecule has 1 atom stereocenters. The van der Waals surface area contributed by atoms with Crippen molar-refractivity contribution < 1.29 is 14.0 Å². The lowest BCUT2D eigenvalue weighted by Gasteiger charge is -2.17. The molecule has 0 aliphatic heterocycles. The molecule has 0 aliphatic carbocycles. The quantitative estimate of drug-likeness (QED) is 0.385. The molecule has 4 aromatic rings. The second-order valence-electron chi connectivity index (χ2n) is 7.08. The number of aromatic nitrogens is 1. The lowest BCUT2D eigenvalue weighted by Crippen LogP contribution is -2.45. The van der Waals surface area contributed by atoms with Crippen LogP contribution in [-0.4, -0.2) is 22.8 Å². The summed E-state index contributed by atoms with van der Waals surface area (Å²) in [6.45, 7) is 0. The summed E-state index contributed by atoms with van der Waals surface area (Å²) in [5.74, 6) is -0.663. The van der Waals surface area contributed by atoms with Crippen molar-refractivity contribution in [2.75, 3.05) is 5.32 Å². The Morgan fingerprint density at radius 3 is 2.56 bits per heavy atom. The summed E-state index contributed by atoms with van der Waals surface area (Å²) in [6, 6.07) is 19.5. The summed E-state index contributed by atoms with van der Waals surface area (Å²) < 4.78 is 5.15. The maximum Gasteiger partial charge on any atom is 0.287 e. The van der Waals surface area contributed by atoms with Gasteiger partial charge in [-0.2, -0.15) is 0 Å². The minimum Gasteiger partial charge on any atom is -0.459 e. The van der Waals surface area contributed by atoms with Gasteiger partial charge < -0.3 is 15.1 Å². The van der Waals surface area contributed by atoms with Crippen LogP contribution < -0.4 is 10.6 Å². The molecular formula is C24H20ClN3O3S. The summed E-state index contributed by atoms with van der Waals surface area (Å²) in [4.78, 5) is 30.8. The van der Waals surface area contributed by atoms with E-state index < -0.39 is 11.9 Å². The van der Waals surface area contributed by atoms with Crippen molar-refractivity contribution in [2.24, 2.45) is 0 Å². The fourth-order valence-electron chi connectivity index (χ4n) is 3.17. The van der Waals surface area contributed by atoms with Crippen molar-refractivity contribution in [3.05, 3.63) is 106 Å². The fraction of sp³-hybridized carbons (Fsp3) is 0.125. The highest BCUT2D eigenvalue weighted by atomic mass is 35.5. The maximum absolute atomic E-state index is 13.0. The van der Waals surface area contributed by atoms with Crippen LogP contribution in [0.2, 0.25) is 5.02 Å². The Hall–Kier alpha value is -3.42. The van der Waals surface area contributed by atoms with Crippen molar-refractivity contribution in [1.29, 1.82) is 0 Å². The molecule has 8 heteroatoms. The first-order chi connectivity index (χ1) is 15.6. The van der Waals surface area contributed by atoms with E-state index in [9.17, 15) is 9.59 Å². The topological polar surface area (TPSA) is 84.2 Å². The molecule has 0 radical (unpaired) electrons. The number of halogens is 1. The van der Waals surface area contributed by atoms with Gasteiger partial charge in [0.25, 0.3) is 5.91 Å². The normalized spacial score (nSPS) is 11.7. The first kappa shape index (κ1) is 21.8. The summed E-state index contributed by atoms with van der Waals surface area (Å²) in [5, 5.41) is 6.73. The van der Waals surface area contributed by atoms with Crippen LogP contribution in [0.25, 0.3) is 0 Å². The number of thiazole rings is 1. The molecule has 0 saturated carbocycles. The van der Waals surface area contributed by atoms with E-state index in [0.29, 0.717) is 23.0 Å². The number of hydrogen-bond acceptors (Lipinski definition) is 5. The number of furan rings is 1. The first-order valence-corrected chi connectivity index (χ1v) is 11.1. The van der Waals surface area contributed by atoms with Crippen molar-refractivity contribution in [2.45, 2.75) is 18.9 Å². The Kier molecular flexibility index (Phi) is 6.99. The highest BCUT2D eigenvalue weighted by Gasteiger charge is 2.24. The van der Waals surface area contributed by atoms with Gasteiger partial charge in [-0.05, 0) is 29.3 Å². The average molecular weight is 466 g/mol. The van der Waals surface area contributed by atoms with Crippen LogP contribution in [0.15, 0.2) is 83.6 Å². The molecular weight excluding hydrogens is 446 g/mol. The van der Waals surface area contributed by atoms with Gasteiger partial charge >= 0.3 is 0 Å². The molecule has 2 aromatic heterocycles. The van der Waals surface area contributed by atoms with Gasteiger partial charge in [-0.3, -0.25) is 9.59 Å². The van der Waals surface area contributed by atoms with Gasteiger partial charge in [0.15, 0.2) is 10.9 Å². The average Bonchev–Trinajstić information content (AvgIpc) is 3.48. The number of amides is 2. The summed E-state index contributed by atoms with van der Waals surface area (Å²) in [7, 11) is 0. The number of anilines is 1. The van der Waals surface area contributed by atoms with E-state index in [-0.39, 0.29) is 11.7 Å². The third kappa shape index (κ3) is 5.63. The van der Waals surface area contributed by atoms with E-state index in [2.05, 4.69) is 15.6 Å². The SMILES string of the molecule is O=C(N[C@@H](Cc1ccccc1)C(=O)Nc1ncc(Cc2ccccc2Cl)s1)c1ccco1. The number of benzene rings is 2. The van der Waals surface area contributed by atoms with E-state index >= 15 is 0 Å². The van der Waals surface area contributed by atoms with Crippen LogP contribution in [0.3, 0.4) is 0 Å². The van der Waals surface area contributed by atoms with Gasteiger partial charge in [0, 0.05) is 28.9 Å². The molecule has 0 fully saturated rings. The summed E-state index contributed by atoms with van der Waals surface area (Å²) in [6.07, 6.45) is 4.08. The molecule has 0 saturated heterocycles. The van der Waals surface area contributed by atoms with Crippen LogP contribution in [0, 0.1) is 0 Å². The molecule has 0 aliphatic rings. The van der Waals surface area contributed by atoms with E-state index in [4.69, 9.17) is 16.0 Å². The van der Waals surface area contributed by atoms with Crippen LogP contribution in [-0.2, 0) is 17.6 Å². The molecule has 2 heterocycles. The maximum atomic E-state index is 13.0. The van der Waals surface area contributed by atoms with Crippen LogP contribution >= 0.6 is 22.9 Å². The van der Waals surface area contributed by atoms with E-state index in [1.54, 1.807) is 18.3 Å². The van der Waals surface area contributed by atoms with Crippen LogP contribution in [0.5, 0.6) is 0 Å². The zero-order valence-corrected chi connectivity index (χ0v) is 18.5. The number of rotatable bonds is 8. The van der Waals surface area contributed by atoms with Crippen molar-refractivity contribution >= 4 is 39.9 Å². The second kappa shape index (κ2) is 10.3. The Labute approximate surface area is 194 Å². The largest absolute Gasteiger partial charge is 0.459 e. The van der Waals surface area contributed by atoms with Crippen molar-refractivity contribution in [3.63, 3.8) is 0 Å². The Morgan fingerprint density at radius 1 is 1.03 bits per heavy atom. The smallest absolute Gasteiger partial charge is 0.287 e. The molecule has 162 valence electrons. The Morgan fingerprint density at radius 2 is 1.81 bits per heavy atom. The number of nitrogens with one attached hydrogen (secondary N) is 2. The van der Waals surface area contributed by atoms with Gasteiger partial charge in [-0.1, -0.05) is 60.1 Å². The third-order valence-electron chi connectivity index (χ3n) is 4.76. The highest BCUT2D eigenvalue weighted by molar-refractivity contribution is 7.15. The minimum atomic E-state index is -0.800. The van der Waals surface area contributed by atoms with Gasteiger partial charge in [-0.15, -0.1) is 11.3 Å². The lowest BCUT2D eigenvalue weighted by atomic mass is 10.1. The second-order valence-corrected chi connectivity index (χ2v) is 8.60. The predicted octanol–water partition coefficient (Wildman–Crippen LogP) is 4.96. The third-order valence-corrected chi connectivity index (χ3v) is 6.04. The predicted molar refractivity (Wildman–Crippen MR) is 125 cm³/mol. The van der Waals surface area contributed by atoms with Crippen LogP contribution in [0.4, 0.5) is 5.13 Å². The first-order valence-electron chi connectivity index (χ1n) is 9.96.